The fraction of sp³-hybridized carbons (Fsp3) is 0.833. The third kappa shape index (κ3) is 5.01. The normalized spacial score (nSPS) is 16.7. The number of nitrogens with one attached hydrogen (secondary N) is 2. The number of nitrogens with zero attached hydrogens (tertiary/aromatic N) is 1. The van der Waals surface area contributed by atoms with Gasteiger partial charge in [0.2, 0.25) is 11.8 Å². The molecule has 0 radical (unpaired) electrons. The molecule has 2 N–H and O–H groups in total. The summed E-state index contributed by atoms with van der Waals surface area (Å²) in [4.78, 5) is 25.2. The van der Waals surface area contributed by atoms with Gasteiger partial charge in [0.15, 0.2) is 0 Å². The molecule has 104 valence electrons. The van der Waals surface area contributed by atoms with E-state index in [0.29, 0.717) is 13.2 Å². The minimum absolute atomic E-state index is 0.0807. The molecule has 1 atom stereocenters. The first-order chi connectivity index (χ1) is 8.65. The Kier molecular flexibility index (Phi) is 6.67. The van der Waals surface area contributed by atoms with Gasteiger partial charge in [-0.3, -0.25) is 14.9 Å². The zero-order valence-corrected chi connectivity index (χ0v) is 11.2. The Morgan fingerprint density at radius 3 is 2.61 bits per heavy atom. The first-order valence-corrected chi connectivity index (χ1v) is 6.43. The lowest BCUT2D eigenvalue weighted by Crippen LogP contribution is -2.47. The molecule has 1 aliphatic heterocycles. The van der Waals surface area contributed by atoms with Crippen LogP contribution in [0.25, 0.3) is 0 Å². The van der Waals surface area contributed by atoms with Crippen molar-refractivity contribution in [2.45, 2.75) is 25.8 Å². The number of hydrogen-bond acceptors (Lipinski definition) is 4. The summed E-state index contributed by atoms with van der Waals surface area (Å²) in [7, 11) is 1.58. The molecule has 0 bridgehead atoms. The number of carbonyl (C=O) groups is 2. The van der Waals surface area contributed by atoms with Crippen molar-refractivity contribution >= 4 is 11.8 Å². The van der Waals surface area contributed by atoms with Crippen molar-refractivity contribution in [2.75, 3.05) is 39.9 Å². The summed E-state index contributed by atoms with van der Waals surface area (Å²) < 4.78 is 4.83. The highest BCUT2D eigenvalue weighted by atomic mass is 16.5. The molecule has 0 aromatic heterocycles. The molecular weight excluding hydrogens is 234 g/mol. The van der Waals surface area contributed by atoms with Crippen LogP contribution in [0.4, 0.5) is 0 Å². The Bertz CT molecular complexity index is 278. The molecular formula is C12H23N3O3. The molecule has 1 aliphatic rings. The number of amides is 2. The number of ether oxygens (including phenoxy) is 1. The predicted molar refractivity (Wildman–Crippen MR) is 68.2 cm³/mol. The molecule has 6 nitrogen and oxygen atoms in total. The Labute approximate surface area is 108 Å². The maximum Gasteiger partial charge on any atom is 0.239 e. The topological polar surface area (TPSA) is 70.7 Å². The monoisotopic (exact) mass is 257 g/mol. The minimum Gasteiger partial charge on any atom is -0.383 e. The first kappa shape index (κ1) is 14.9. The van der Waals surface area contributed by atoms with E-state index in [-0.39, 0.29) is 24.4 Å². The van der Waals surface area contributed by atoms with Crippen LogP contribution in [0.5, 0.6) is 0 Å². The third-order valence-electron chi connectivity index (χ3n) is 2.99. The number of hydrogen-bond donors (Lipinski definition) is 2. The highest BCUT2D eigenvalue weighted by molar-refractivity contribution is 5.83. The van der Waals surface area contributed by atoms with Crippen LogP contribution in [0.3, 0.4) is 0 Å². The van der Waals surface area contributed by atoms with Crippen LogP contribution < -0.4 is 10.6 Å². The van der Waals surface area contributed by atoms with Crippen LogP contribution in [-0.2, 0) is 14.3 Å². The number of rotatable bonds is 7. The highest BCUT2D eigenvalue weighted by Crippen LogP contribution is 2.08. The molecule has 18 heavy (non-hydrogen) atoms. The molecule has 1 unspecified atom stereocenters. The van der Waals surface area contributed by atoms with E-state index in [1.54, 1.807) is 14.0 Å². The van der Waals surface area contributed by atoms with Crippen molar-refractivity contribution in [3.05, 3.63) is 0 Å². The van der Waals surface area contributed by atoms with E-state index in [0.717, 1.165) is 25.9 Å². The van der Waals surface area contributed by atoms with Crippen LogP contribution in [0.1, 0.15) is 19.8 Å². The zero-order chi connectivity index (χ0) is 13.4. The summed E-state index contributed by atoms with van der Waals surface area (Å²) in [5.74, 6) is -0.0367. The highest BCUT2D eigenvalue weighted by Gasteiger charge is 2.23. The third-order valence-corrected chi connectivity index (χ3v) is 2.99. The summed E-state index contributed by atoms with van der Waals surface area (Å²) in [5, 5.41) is 5.64. The van der Waals surface area contributed by atoms with Gasteiger partial charge in [-0.25, -0.2) is 0 Å². The standard InChI is InChI=1S/C12H23N3O3/c1-10(12(17)15-6-3-4-7-15)14-9-11(16)13-5-8-18-2/h10,14H,3-9H2,1-2H3,(H,13,16). The van der Waals surface area contributed by atoms with E-state index < -0.39 is 0 Å². The smallest absolute Gasteiger partial charge is 0.239 e. The molecule has 1 heterocycles. The van der Waals surface area contributed by atoms with Crippen LogP contribution in [0.15, 0.2) is 0 Å². The lowest BCUT2D eigenvalue weighted by atomic mass is 10.3. The van der Waals surface area contributed by atoms with Gasteiger partial charge >= 0.3 is 0 Å². The molecule has 0 aromatic carbocycles. The van der Waals surface area contributed by atoms with Crippen LogP contribution in [0.2, 0.25) is 0 Å². The van der Waals surface area contributed by atoms with E-state index in [4.69, 9.17) is 4.74 Å². The molecule has 0 spiro atoms. The molecule has 0 saturated carbocycles. The van der Waals surface area contributed by atoms with Crippen molar-refractivity contribution in [1.29, 1.82) is 0 Å². The van der Waals surface area contributed by atoms with E-state index >= 15 is 0 Å². The Morgan fingerprint density at radius 1 is 1.33 bits per heavy atom. The van der Waals surface area contributed by atoms with Crippen molar-refractivity contribution < 1.29 is 14.3 Å². The van der Waals surface area contributed by atoms with Gasteiger partial charge in [0.25, 0.3) is 0 Å². The molecule has 6 heteroatoms. The van der Waals surface area contributed by atoms with Gasteiger partial charge in [-0.15, -0.1) is 0 Å². The average molecular weight is 257 g/mol. The van der Waals surface area contributed by atoms with Crippen molar-refractivity contribution in [2.24, 2.45) is 0 Å². The maximum atomic E-state index is 11.9. The summed E-state index contributed by atoms with van der Waals surface area (Å²) in [6, 6.07) is -0.309. The van der Waals surface area contributed by atoms with E-state index in [1.165, 1.54) is 0 Å². The maximum absolute atomic E-state index is 11.9. The Hall–Kier alpha value is -1.14. The van der Waals surface area contributed by atoms with Gasteiger partial charge in [0.05, 0.1) is 19.2 Å². The van der Waals surface area contributed by atoms with E-state index in [9.17, 15) is 9.59 Å². The zero-order valence-electron chi connectivity index (χ0n) is 11.2. The molecule has 0 aliphatic carbocycles. The number of likely N-dealkylation sites (tertiary alicyclic amines) is 1. The predicted octanol–water partition coefficient (Wildman–Crippen LogP) is -0.650. The molecule has 1 fully saturated rings. The molecule has 1 rings (SSSR count). The van der Waals surface area contributed by atoms with Crippen molar-refractivity contribution in [1.82, 2.24) is 15.5 Å². The summed E-state index contributed by atoms with van der Waals surface area (Å²) >= 11 is 0. The van der Waals surface area contributed by atoms with Crippen LogP contribution >= 0.6 is 0 Å². The van der Waals surface area contributed by atoms with Gasteiger partial charge in [0.1, 0.15) is 0 Å². The molecule has 0 aromatic rings. The van der Waals surface area contributed by atoms with E-state index in [2.05, 4.69) is 10.6 Å². The van der Waals surface area contributed by atoms with Gasteiger partial charge in [-0.1, -0.05) is 0 Å². The summed E-state index contributed by atoms with van der Waals surface area (Å²) in [6.07, 6.45) is 2.16. The average Bonchev–Trinajstić information content (AvgIpc) is 2.89. The fourth-order valence-electron chi connectivity index (χ4n) is 1.90. The van der Waals surface area contributed by atoms with Crippen molar-refractivity contribution in [3.8, 4) is 0 Å². The summed E-state index contributed by atoms with van der Waals surface area (Å²) in [5.41, 5.74) is 0. The number of carbonyl (C=O) groups excluding carboxylic acids is 2. The second-order valence-electron chi connectivity index (χ2n) is 4.48. The second-order valence-corrected chi connectivity index (χ2v) is 4.48. The van der Waals surface area contributed by atoms with Crippen LogP contribution in [0, 0.1) is 0 Å². The quantitative estimate of drug-likeness (QED) is 0.595. The Balaban J connectivity index is 2.17. The second kappa shape index (κ2) is 8.05. The molecule has 2 amide bonds. The number of methoxy groups -OCH3 is 1. The van der Waals surface area contributed by atoms with E-state index in [1.807, 2.05) is 4.90 Å². The largest absolute Gasteiger partial charge is 0.383 e. The lowest BCUT2D eigenvalue weighted by molar-refractivity contribution is -0.132. The summed E-state index contributed by atoms with van der Waals surface area (Å²) in [6.45, 7) is 4.61. The van der Waals surface area contributed by atoms with Crippen molar-refractivity contribution in [3.63, 3.8) is 0 Å². The van der Waals surface area contributed by atoms with Gasteiger partial charge in [-0.05, 0) is 19.8 Å². The first-order valence-electron chi connectivity index (χ1n) is 6.43. The fourth-order valence-corrected chi connectivity index (χ4v) is 1.90. The molecule has 1 saturated heterocycles. The van der Waals surface area contributed by atoms with Crippen LogP contribution in [-0.4, -0.2) is 62.7 Å². The Morgan fingerprint density at radius 2 is 2.00 bits per heavy atom. The van der Waals surface area contributed by atoms with Gasteiger partial charge < -0.3 is 15.0 Å². The van der Waals surface area contributed by atoms with Gasteiger partial charge in [0, 0.05) is 26.7 Å². The van der Waals surface area contributed by atoms with Gasteiger partial charge in [-0.2, -0.15) is 0 Å². The lowest BCUT2D eigenvalue weighted by Gasteiger charge is -2.20. The minimum atomic E-state index is -0.309. The SMILES string of the molecule is COCCNC(=O)CNC(C)C(=O)N1CCCC1.